The van der Waals surface area contributed by atoms with Crippen LogP contribution in [0.4, 0.5) is 13.2 Å². The van der Waals surface area contributed by atoms with E-state index in [9.17, 15) is 13.2 Å². The Morgan fingerprint density at radius 2 is 2.06 bits per heavy atom. The lowest BCUT2D eigenvalue weighted by Crippen LogP contribution is -2.51. The first-order valence-electron chi connectivity index (χ1n) is 5.42. The summed E-state index contributed by atoms with van der Waals surface area (Å²) < 4.78 is 48.2. The molecule has 2 nitrogen and oxygen atoms in total. The second-order valence-corrected chi connectivity index (χ2v) is 5.31. The van der Waals surface area contributed by atoms with Crippen LogP contribution >= 0.6 is 15.9 Å². The van der Waals surface area contributed by atoms with Crippen molar-refractivity contribution in [3.05, 3.63) is 29.8 Å². The third-order valence-electron chi connectivity index (χ3n) is 2.90. The Morgan fingerprint density at radius 3 is 2.61 bits per heavy atom. The number of hydrogen-bond donors (Lipinski definition) is 0. The quantitative estimate of drug-likeness (QED) is 0.790. The van der Waals surface area contributed by atoms with Gasteiger partial charge < -0.3 is 9.47 Å². The lowest BCUT2D eigenvalue weighted by atomic mass is 9.91. The van der Waals surface area contributed by atoms with E-state index in [0.29, 0.717) is 0 Å². The van der Waals surface area contributed by atoms with Gasteiger partial charge in [-0.15, -0.1) is 0 Å². The third-order valence-corrected chi connectivity index (χ3v) is 3.80. The summed E-state index contributed by atoms with van der Waals surface area (Å²) in [5, 5.41) is 0. The van der Waals surface area contributed by atoms with Gasteiger partial charge in [0.25, 0.3) is 0 Å². The predicted molar refractivity (Wildman–Crippen MR) is 64.0 cm³/mol. The number of rotatable bonds is 3. The molecule has 0 radical (unpaired) electrons. The highest BCUT2D eigenvalue weighted by atomic mass is 79.9. The highest BCUT2D eigenvalue weighted by Crippen LogP contribution is 2.36. The van der Waals surface area contributed by atoms with Crippen LogP contribution in [0, 0.1) is 0 Å². The van der Waals surface area contributed by atoms with Gasteiger partial charge in [0.05, 0.1) is 5.56 Å². The number of halogens is 4. The fourth-order valence-corrected chi connectivity index (χ4v) is 2.79. The average Bonchev–Trinajstić information content (AvgIpc) is 2.28. The monoisotopic (exact) mass is 324 g/mol. The first-order valence-corrected chi connectivity index (χ1v) is 6.34. The fraction of sp³-hybridized carbons (Fsp3) is 0.500. The van der Waals surface area contributed by atoms with E-state index in [1.54, 1.807) is 7.11 Å². The van der Waals surface area contributed by atoms with Crippen molar-refractivity contribution in [3.63, 3.8) is 0 Å². The fourth-order valence-electron chi connectivity index (χ4n) is 1.86. The summed E-state index contributed by atoms with van der Waals surface area (Å²) in [5.41, 5.74) is -0.705. The molecule has 0 N–H and O–H groups in total. The van der Waals surface area contributed by atoms with Crippen LogP contribution < -0.4 is 4.74 Å². The van der Waals surface area contributed by atoms with Crippen LogP contribution in [0.1, 0.15) is 12.0 Å². The Morgan fingerprint density at radius 1 is 1.33 bits per heavy atom. The van der Waals surface area contributed by atoms with Gasteiger partial charge in [-0.25, -0.2) is 0 Å². The number of alkyl halides is 4. The molecular formula is C12H12BrF3O2. The molecule has 0 spiro atoms. The minimum absolute atomic E-state index is 0.125. The van der Waals surface area contributed by atoms with Gasteiger partial charge in [-0.3, -0.25) is 0 Å². The molecule has 1 aliphatic rings. The lowest BCUT2D eigenvalue weighted by molar-refractivity contribution is -0.137. The smallest absolute Gasteiger partial charge is 0.416 e. The van der Waals surface area contributed by atoms with E-state index in [4.69, 9.17) is 9.47 Å². The van der Waals surface area contributed by atoms with Gasteiger partial charge in [0.2, 0.25) is 0 Å². The SMILES string of the molecule is COC1C(Br)CC1Oc1cccc(C(F)(F)F)c1. The Balaban J connectivity index is 2.07. The Hall–Kier alpha value is -0.750. The van der Waals surface area contributed by atoms with E-state index in [2.05, 4.69) is 15.9 Å². The number of benzene rings is 1. The topological polar surface area (TPSA) is 18.5 Å². The van der Waals surface area contributed by atoms with Gasteiger partial charge in [0.15, 0.2) is 0 Å². The minimum atomic E-state index is -4.35. The van der Waals surface area contributed by atoms with Gasteiger partial charge in [-0.1, -0.05) is 22.0 Å². The molecule has 2 rings (SSSR count). The highest BCUT2D eigenvalue weighted by molar-refractivity contribution is 9.09. The molecular weight excluding hydrogens is 313 g/mol. The summed E-state index contributed by atoms with van der Waals surface area (Å²) in [6, 6.07) is 4.89. The van der Waals surface area contributed by atoms with Crippen molar-refractivity contribution in [2.75, 3.05) is 7.11 Å². The summed E-state index contributed by atoms with van der Waals surface area (Å²) in [6.07, 6.45) is -3.96. The summed E-state index contributed by atoms with van der Waals surface area (Å²) >= 11 is 3.40. The maximum absolute atomic E-state index is 12.5. The van der Waals surface area contributed by atoms with Crippen molar-refractivity contribution < 1.29 is 22.6 Å². The molecule has 0 saturated heterocycles. The molecule has 0 heterocycles. The van der Waals surface area contributed by atoms with Gasteiger partial charge in [-0.05, 0) is 18.2 Å². The Bertz CT molecular complexity index is 422. The maximum atomic E-state index is 12.5. The molecule has 1 fully saturated rings. The van der Waals surface area contributed by atoms with Crippen molar-refractivity contribution in [2.45, 2.75) is 29.6 Å². The standard InChI is InChI=1S/C12H12BrF3O2/c1-17-11-9(13)6-10(11)18-8-4-2-3-7(5-8)12(14,15)16/h2-5,9-11H,6H2,1H3. The van der Waals surface area contributed by atoms with Crippen molar-refractivity contribution in [1.29, 1.82) is 0 Å². The highest BCUT2D eigenvalue weighted by Gasteiger charge is 2.42. The van der Waals surface area contributed by atoms with E-state index in [1.165, 1.54) is 12.1 Å². The van der Waals surface area contributed by atoms with E-state index in [1.807, 2.05) is 0 Å². The van der Waals surface area contributed by atoms with Crippen molar-refractivity contribution in [3.8, 4) is 5.75 Å². The minimum Gasteiger partial charge on any atom is -0.488 e. The van der Waals surface area contributed by atoms with E-state index >= 15 is 0 Å². The van der Waals surface area contributed by atoms with E-state index in [-0.39, 0.29) is 22.8 Å². The Kier molecular flexibility index (Phi) is 3.87. The van der Waals surface area contributed by atoms with Crippen LogP contribution in [-0.4, -0.2) is 24.1 Å². The van der Waals surface area contributed by atoms with E-state index < -0.39 is 11.7 Å². The van der Waals surface area contributed by atoms with Crippen LogP contribution in [0.25, 0.3) is 0 Å². The third kappa shape index (κ3) is 2.80. The van der Waals surface area contributed by atoms with Crippen LogP contribution in [0.5, 0.6) is 5.75 Å². The molecule has 0 aromatic heterocycles. The second kappa shape index (κ2) is 5.09. The van der Waals surface area contributed by atoms with Gasteiger partial charge in [0, 0.05) is 18.4 Å². The van der Waals surface area contributed by atoms with E-state index in [0.717, 1.165) is 18.6 Å². The Labute approximate surface area is 111 Å². The van der Waals surface area contributed by atoms with Gasteiger partial charge >= 0.3 is 6.18 Å². The summed E-state index contributed by atoms with van der Waals surface area (Å²) in [6.45, 7) is 0. The zero-order chi connectivity index (χ0) is 13.3. The zero-order valence-corrected chi connectivity index (χ0v) is 11.2. The van der Waals surface area contributed by atoms with Crippen molar-refractivity contribution in [2.24, 2.45) is 0 Å². The molecule has 1 saturated carbocycles. The zero-order valence-electron chi connectivity index (χ0n) is 9.58. The average molecular weight is 325 g/mol. The molecule has 100 valence electrons. The molecule has 0 bridgehead atoms. The first kappa shape index (κ1) is 13.7. The van der Waals surface area contributed by atoms with Crippen molar-refractivity contribution in [1.82, 2.24) is 0 Å². The lowest BCUT2D eigenvalue weighted by Gasteiger charge is -2.40. The second-order valence-electron chi connectivity index (χ2n) is 4.13. The summed E-state index contributed by atoms with van der Waals surface area (Å²) in [4.78, 5) is 0.193. The normalized spacial score (nSPS) is 27.7. The van der Waals surface area contributed by atoms with Crippen LogP contribution in [-0.2, 0) is 10.9 Å². The molecule has 18 heavy (non-hydrogen) atoms. The number of hydrogen-bond acceptors (Lipinski definition) is 2. The molecule has 3 atom stereocenters. The first-order chi connectivity index (χ1) is 8.41. The predicted octanol–water partition coefficient (Wildman–Crippen LogP) is 3.64. The van der Waals surface area contributed by atoms with Gasteiger partial charge in [-0.2, -0.15) is 13.2 Å². The summed E-state index contributed by atoms with van der Waals surface area (Å²) in [5.74, 6) is 0.219. The molecule has 3 unspecified atom stereocenters. The largest absolute Gasteiger partial charge is 0.488 e. The molecule has 0 amide bonds. The van der Waals surface area contributed by atoms with Crippen LogP contribution in [0.3, 0.4) is 0 Å². The molecule has 1 aliphatic carbocycles. The number of methoxy groups -OCH3 is 1. The van der Waals surface area contributed by atoms with Crippen LogP contribution in [0.15, 0.2) is 24.3 Å². The molecule has 1 aromatic carbocycles. The summed E-state index contributed by atoms with van der Waals surface area (Å²) in [7, 11) is 1.56. The molecule has 6 heteroatoms. The van der Waals surface area contributed by atoms with Crippen LogP contribution in [0.2, 0.25) is 0 Å². The van der Waals surface area contributed by atoms with Crippen molar-refractivity contribution >= 4 is 15.9 Å². The maximum Gasteiger partial charge on any atom is 0.416 e. The van der Waals surface area contributed by atoms with Gasteiger partial charge in [0.1, 0.15) is 18.0 Å². The molecule has 0 aliphatic heterocycles. The molecule has 1 aromatic rings. The number of ether oxygens (including phenoxy) is 2.